The number of fused-ring (bicyclic) bond motifs is 1. The van der Waals surface area contributed by atoms with Crippen LogP contribution in [0.25, 0.3) is 0 Å². The number of ether oxygens (including phenoxy) is 1. The monoisotopic (exact) mass is 333 g/mol. The van der Waals surface area contributed by atoms with Gasteiger partial charge in [0.25, 0.3) is 0 Å². The number of benzene rings is 2. The standard InChI is InChI=1S/C18H17ClFNO2/c1-23-18(22)13-6-4-12(5-7-13)11-21-8-2-3-14-9-15(19)16(20)10-17(14)21/h4-7,9-10H,2-3,8,11H2,1H3. The number of anilines is 1. The highest BCUT2D eigenvalue weighted by atomic mass is 35.5. The number of aryl methyl sites for hydroxylation is 1. The second-order valence-corrected chi connectivity index (χ2v) is 6.02. The summed E-state index contributed by atoms with van der Waals surface area (Å²) in [6, 6.07) is 10.5. The summed E-state index contributed by atoms with van der Waals surface area (Å²) < 4.78 is 18.5. The van der Waals surface area contributed by atoms with Crippen molar-refractivity contribution in [3.8, 4) is 0 Å². The third-order valence-electron chi connectivity index (χ3n) is 4.08. The fourth-order valence-electron chi connectivity index (χ4n) is 2.90. The van der Waals surface area contributed by atoms with Crippen LogP contribution in [0.3, 0.4) is 0 Å². The molecule has 1 aliphatic rings. The van der Waals surface area contributed by atoms with Crippen molar-refractivity contribution < 1.29 is 13.9 Å². The molecule has 0 fully saturated rings. The van der Waals surface area contributed by atoms with Crippen molar-refractivity contribution in [2.24, 2.45) is 0 Å². The maximum Gasteiger partial charge on any atom is 0.337 e. The summed E-state index contributed by atoms with van der Waals surface area (Å²) >= 11 is 5.88. The van der Waals surface area contributed by atoms with Gasteiger partial charge in [-0.2, -0.15) is 0 Å². The van der Waals surface area contributed by atoms with Crippen molar-refractivity contribution in [2.75, 3.05) is 18.6 Å². The molecule has 2 aromatic rings. The lowest BCUT2D eigenvalue weighted by Gasteiger charge is -2.31. The van der Waals surface area contributed by atoms with Gasteiger partial charge < -0.3 is 9.64 Å². The van der Waals surface area contributed by atoms with Crippen molar-refractivity contribution in [3.05, 3.63) is 63.9 Å². The Morgan fingerprint density at radius 1 is 1.30 bits per heavy atom. The molecule has 0 atom stereocenters. The highest BCUT2D eigenvalue weighted by molar-refractivity contribution is 6.30. The van der Waals surface area contributed by atoms with Crippen molar-refractivity contribution in [1.82, 2.24) is 0 Å². The molecular weight excluding hydrogens is 317 g/mol. The molecular formula is C18H17ClFNO2. The van der Waals surface area contributed by atoms with Crippen molar-refractivity contribution in [2.45, 2.75) is 19.4 Å². The zero-order chi connectivity index (χ0) is 16.4. The molecule has 0 aliphatic carbocycles. The fraction of sp³-hybridized carbons (Fsp3) is 0.278. The summed E-state index contributed by atoms with van der Waals surface area (Å²) in [6.07, 6.45) is 1.92. The molecule has 0 aromatic heterocycles. The van der Waals surface area contributed by atoms with Crippen LogP contribution in [0.2, 0.25) is 5.02 Å². The molecule has 120 valence electrons. The van der Waals surface area contributed by atoms with Crippen LogP contribution < -0.4 is 4.90 Å². The number of methoxy groups -OCH3 is 1. The summed E-state index contributed by atoms with van der Waals surface area (Å²) in [5.41, 5.74) is 3.55. The first-order chi connectivity index (χ1) is 11.1. The zero-order valence-corrected chi connectivity index (χ0v) is 13.6. The summed E-state index contributed by atoms with van der Waals surface area (Å²) in [5.74, 6) is -0.741. The third-order valence-corrected chi connectivity index (χ3v) is 4.37. The number of carbonyl (C=O) groups is 1. The van der Waals surface area contributed by atoms with E-state index in [9.17, 15) is 9.18 Å². The minimum Gasteiger partial charge on any atom is -0.465 e. The Kier molecular flexibility index (Phi) is 4.53. The van der Waals surface area contributed by atoms with Gasteiger partial charge in [0.2, 0.25) is 0 Å². The molecule has 0 bridgehead atoms. The molecule has 0 radical (unpaired) electrons. The van der Waals surface area contributed by atoms with Gasteiger partial charge in [0, 0.05) is 18.8 Å². The molecule has 2 aromatic carbocycles. The molecule has 5 heteroatoms. The Morgan fingerprint density at radius 2 is 2.04 bits per heavy atom. The third kappa shape index (κ3) is 3.32. The normalized spacial score (nSPS) is 13.6. The average Bonchev–Trinajstić information content (AvgIpc) is 2.56. The Balaban J connectivity index is 1.82. The van der Waals surface area contributed by atoms with E-state index < -0.39 is 5.82 Å². The second kappa shape index (κ2) is 6.59. The molecule has 0 N–H and O–H groups in total. The number of hydrogen-bond acceptors (Lipinski definition) is 3. The number of hydrogen-bond donors (Lipinski definition) is 0. The van der Waals surface area contributed by atoms with Gasteiger partial charge in [0.15, 0.2) is 0 Å². The van der Waals surface area contributed by atoms with Crippen molar-refractivity contribution in [3.63, 3.8) is 0 Å². The van der Waals surface area contributed by atoms with Crippen LogP contribution in [0.5, 0.6) is 0 Å². The van der Waals surface area contributed by atoms with E-state index in [0.717, 1.165) is 36.2 Å². The molecule has 0 saturated carbocycles. The molecule has 1 heterocycles. The van der Waals surface area contributed by atoms with Gasteiger partial charge >= 0.3 is 5.97 Å². The highest BCUT2D eigenvalue weighted by Crippen LogP contribution is 2.32. The number of halogens is 2. The van der Waals surface area contributed by atoms with Gasteiger partial charge in [0.05, 0.1) is 17.7 Å². The van der Waals surface area contributed by atoms with E-state index in [4.69, 9.17) is 16.3 Å². The quantitative estimate of drug-likeness (QED) is 0.788. The molecule has 1 aliphatic heterocycles. The van der Waals surface area contributed by atoms with Crippen molar-refractivity contribution >= 4 is 23.3 Å². The van der Waals surface area contributed by atoms with Gasteiger partial charge in [-0.05, 0) is 48.2 Å². The number of esters is 1. The Morgan fingerprint density at radius 3 is 2.74 bits per heavy atom. The first-order valence-electron chi connectivity index (χ1n) is 7.48. The number of carbonyl (C=O) groups excluding carboxylic acids is 1. The number of nitrogens with zero attached hydrogens (tertiary/aromatic N) is 1. The summed E-state index contributed by atoms with van der Waals surface area (Å²) in [6.45, 7) is 1.53. The van der Waals surface area contributed by atoms with Crippen LogP contribution in [0, 0.1) is 5.82 Å². The van der Waals surface area contributed by atoms with Crippen LogP contribution in [0.15, 0.2) is 36.4 Å². The van der Waals surface area contributed by atoms with Gasteiger partial charge in [0.1, 0.15) is 5.82 Å². The average molecular weight is 334 g/mol. The van der Waals surface area contributed by atoms with E-state index in [1.54, 1.807) is 18.2 Å². The zero-order valence-electron chi connectivity index (χ0n) is 12.8. The molecule has 3 nitrogen and oxygen atoms in total. The van der Waals surface area contributed by atoms with Crippen molar-refractivity contribution in [1.29, 1.82) is 0 Å². The molecule has 0 saturated heterocycles. The van der Waals surface area contributed by atoms with E-state index in [2.05, 4.69) is 4.90 Å². The van der Waals surface area contributed by atoms with Gasteiger partial charge in [-0.1, -0.05) is 23.7 Å². The predicted molar refractivity (Wildman–Crippen MR) is 88.6 cm³/mol. The van der Waals surface area contributed by atoms with Crippen LogP contribution in [-0.4, -0.2) is 19.6 Å². The summed E-state index contributed by atoms with van der Waals surface area (Å²) in [5, 5.41) is 0.174. The lowest BCUT2D eigenvalue weighted by Crippen LogP contribution is -2.29. The molecule has 3 rings (SSSR count). The Bertz CT molecular complexity index is 731. The minimum absolute atomic E-state index is 0.174. The van der Waals surface area contributed by atoms with Crippen LogP contribution in [0.4, 0.5) is 10.1 Å². The van der Waals surface area contributed by atoms with Gasteiger partial charge in [-0.25, -0.2) is 9.18 Å². The van der Waals surface area contributed by atoms with Crippen LogP contribution >= 0.6 is 11.6 Å². The van der Waals surface area contributed by atoms with Gasteiger partial charge in [-0.3, -0.25) is 0 Å². The fourth-order valence-corrected chi connectivity index (χ4v) is 3.09. The molecule has 0 spiro atoms. The molecule has 0 amide bonds. The second-order valence-electron chi connectivity index (χ2n) is 5.61. The van der Waals surface area contributed by atoms with E-state index in [0.29, 0.717) is 12.1 Å². The molecule has 23 heavy (non-hydrogen) atoms. The maximum atomic E-state index is 13.8. The van der Waals surface area contributed by atoms with E-state index in [1.807, 2.05) is 12.1 Å². The lowest BCUT2D eigenvalue weighted by molar-refractivity contribution is 0.0600. The largest absolute Gasteiger partial charge is 0.465 e. The van der Waals surface area contributed by atoms with E-state index in [1.165, 1.54) is 13.2 Å². The van der Waals surface area contributed by atoms with E-state index in [-0.39, 0.29) is 11.0 Å². The van der Waals surface area contributed by atoms with Crippen LogP contribution in [-0.2, 0) is 17.7 Å². The highest BCUT2D eigenvalue weighted by Gasteiger charge is 2.19. The lowest BCUT2D eigenvalue weighted by atomic mass is 10.0. The first kappa shape index (κ1) is 15.8. The topological polar surface area (TPSA) is 29.5 Å². The van der Waals surface area contributed by atoms with Gasteiger partial charge in [-0.15, -0.1) is 0 Å². The molecule has 0 unspecified atom stereocenters. The van der Waals surface area contributed by atoms with Crippen LogP contribution in [0.1, 0.15) is 27.9 Å². The Hall–Kier alpha value is -2.07. The Labute approximate surface area is 139 Å². The first-order valence-corrected chi connectivity index (χ1v) is 7.86. The SMILES string of the molecule is COC(=O)c1ccc(CN2CCCc3cc(Cl)c(F)cc32)cc1. The number of rotatable bonds is 3. The summed E-state index contributed by atoms with van der Waals surface area (Å²) in [7, 11) is 1.36. The smallest absolute Gasteiger partial charge is 0.337 e. The summed E-state index contributed by atoms with van der Waals surface area (Å²) in [4.78, 5) is 13.6. The minimum atomic E-state index is -0.390. The maximum absolute atomic E-state index is 13.8. The predicted octanol–water partition coefficient (Wildman–Crippen LogP) is 4.22. The van der Waals surface area contributed by atoms with E-state index >= 15 is 0 Å².